The molecular formula is C13H22O. The van der Waals surface area contributed by atoms with Gasteiger partial charge in [-0.2, -0.15) is 0 Å². The normalized spacial score (nSPS) is 19.3. The summed E-state index contributed by atoms with van der Waals surface area (Å²) >= 11 is 0. The van der Waals surface area contributed by atoms with Gasteiger partial charge in [0.05, 0.1) is 0 Å². The first kappa shape index (κ1) is 11.4. The number of hydrogen-bond acceptors (Lipinski definition) is 1. The molecule has 0 saturated carbocycles. The van der Waals surface area contributed by atoms with Crippen LogP contribution in [-0.2, 0) is 0 Å². The van der Waals surface area contributed by atoms with E-state index in [1.54, 1.807) is 0 Å². The SMILES string of the molecule is CC(CC(C)(C)C)=C(O)C1=CCCC1. The summed E-state index contributed by atoms with van der Waals surface area (Å²) < 4.78 is 0. The molecule has 1 rings (SSSR count). The van der Waals surface area contributed by atoms with Gasteiger partial charge in [0.2, 0.25) is 0 Å². The summed E-state index contributed by atoms with van der Waals surface area (Å²) in [5, 5.41) is 9.99. The molecule has 14 heavy (non-hydrogen) atoms. The largest absolute Gasteiger partial charge is 0.508 e. The topological polar surface area (TPSA) is 20.2 Å². The molecule has 0 aromatic rings. The highest BCUT2D eigenvalue weighted by Crippen LogP contribution is 2.30. The van der Waals surface area contributed by atoms with Gasteiger partial charge >= 0.3 is 0 Å². The van der Waals surface area contributed by atoms with Crippen LogP contribution in [0, 0.1) is 5.41 Å². The summed E-state index contributed by atoms with van der Waals surface area (Å²) in [5.74, 6) is 0.553. The molecule has 0 fully saturated rings. The van der Waals surface area contributed by atoms with Crippen LogP contribution in [0.5, 0.6) is 0 Å². The molecule has 1 aliphatic carbocycles. The minimum atomic E-state index is 0.261. The summed E-state index contributed by atoms with van der Waals surface area (Å²) in [6.07, 6.45) is 6.51. The van der Waals surface area contributed by atoms with Crippen LogP contribution in [0.15, 0.2) is 23.0 Å². The van der Waals surface area contributed by atoms with Crippen molar-refractivity contribution in [1.29, 1.82) is 0 Å². The average Bonchev–Trinajstić information content (AvgIpc) is 2.51. The first-order valence-corrected chi connectivity index (χ1v) is 5.48. The van der Waals surface area contributed by atoms with Crippen molar-refractivity contribution >= 4 is 0 Å². The quantitative estimate of drug-likeness (QED) is 0.647. The molecule has 0 aromatic carbocycles. The van der Waals surface area contributed by atoms with Gasteiger partial charge in [0.25, 0.3) is 0 Å². The predicted octanol–water partition coefficient (Wildman–Crippen LogP) is 4.36. The Morgan fingerprint density at radius 3 is 2.50 bits per heavy atom. The molecule has 0 aromatic heterocycles. The molecule has 0 bridgehead atoms. The summed E-state index contributed by atoms with van der Waals surface area (Å²) in [5.41, 5.74) is 2.55. The van der Waals surface area contributed by atoms with Crippen LogP contribution in [0.4, 0.5) is 0 Å². The van der Waals surface area contributed by atoms with Gasteiger partial charge in [0.15, 0.2) is 0 Å². The standard InChI is InChI=1S/C13H22O/c1-10(9-13(2,3)4)12(14)11-7-5-6-8-11/h7,14H,5-6,8-9H2,1-4H3. The Balaban J connectivity index is 2.72. The lowest BCUT2D eigenvalue weighted by Gasteiger charge is -2.19. The number of aliphatic hydroxyl groups is 1. The van der Waals surface area contributed by atoms with Gasteiger partial charge in [-0.25, -0.2) is 0 Å². The van der Waals surface area contributed by atoms with Gasteiger partial charge in [-0.15, -0.1) is 0 Å². The molecule has 0 aliphatic heterocycles. The van der Waals surface area contributed by atoms with E-state index in [1.165, 1.54) is 6.42 Å². The zero-order chi connectivity index (χ0) is 10.8. The maximum atomic E-state index is 9.99. The molecule has 0 amide bonds. The van der Waals surface area contributed by atoms with Crippen molar-refractivity contribution in [2.45, 2.75) is 53.4 Å². The maximum absolute atomic E-state index is 9.99. The van der Waals surface area contributed by atoms with E-state index < -0.39 is 0 Å². The Morgan fingerprint density at radius 2 is 2.07 bits per heavy atom. The molecule has 80 valence electrons. The molecule has 0 atom stereocenters. The first-order chi connectivity index (χ1) is 6.40. The number of allylic oxidation sites excluding steroid dienone is 3. The van der Waals surface area contributed by atoms with Crippen LogP contribution in [0.1, 0.15) is 53.4 Å². The van der Waals surface area contributed by atoms with Gasteiger partial charge < -0.3 is 5.11 Å². The minimum Gasteiger partial charge on any atom is -0.508 e. The van der Waals surface area contributed by atoms with Crippen LogP contribution < -0.4 is 0 Å². The van der Waals surface area contributed by atoms with E-state index in [1.807, 2.05) is 6.92 Å². The summed E-state index contributed by atoms with van der Waals surface area (Å²) in [4.78, 5) is 0. The van der Waals surface area contributed by atoms with E-state index in [2.05, 4.69) is 26.8 Å². The molecule has 0 spiro atoms. The van der Waals surface area contributed by atoms with Crippen molar-refractivity contribution in [3.05, 3.63) is 23.0 Å². The van der Waals surface area contributed by atoms with Crippen molar-refractivity contribution in [1.82, 2.24) is 0 Å². The van der Waals surface area contributed by atoms with Gasteiger partial charge in [0, 0.05) is 0 Å². The number of rotatable bonds is 2. The second-order valence-electron chi connectivity index (χ2n) is 5.49. The van der Waals surface area contributed by atoms with Crippen molar-refractivity contribution in [2.75, 3.05) is 0 Å². The van der Waals surface area contributed by atoms with Crippen molar-refractivity contribution in [2.24, 2.45) is 5.41 Å². The van der Waals surface area contributed by atoms with Gasteiger partial charge in [-0.1, -0.05) is 26.8 Å². The number of aliphatic hydroxyl groups excluding tert-OH is 1. The zero-order valence-electron chi connectivity index (χ0n) is 9.85. The van der Waals surface area contributed by atoms with Gasteiger partial charge in [0.1, 0.15) is 5.76 Å². The summed E-state index contributed by atoms with van der Waals surface area (Å²) in [6, 6.07) is 0. The molecule has 1 nitrogen and oxygen atoms in total. The van der Waals surface area contributed by atoms with Crippen LogP contribution >= 0.6 is 0 Å². The average molecular weight is 194 g/mol. The third-order valence-electron chi connectivity index (χ3n) is 2.54. The molecular weight excluding hydrogens is 172 g/mol. The zero-order valence-corrected chi connectivity index (χ0v) is 9.85. The molecule has 1 heteroatoms. The molecule has 0 heterocycles. The summed E-state index contributed by atoms with van der Waals surface area (Å²) in [7, 11) is 0. The number of hydrogen-bond donors (Lipinski definition) is 1. The highest BCUT2D eigenvalue weighted by atomic mass is 16.3. The van der Waals surface area contributed by atoms with Crippen LogP contribution in [0.25, 0.3) is 0 Å². The third kappa shape index (κ3) is 3.21. The second-order valence-corrected chi connectivity index (χ2v) is 5.49. The minimum absolute atomic E-state index is 0.261. The van der Waals surface area contributed by atoms with E-state index in [0.717, 1.165) is 30.4 Å². The fraction of sp³-hybridized carbons (Fsp3) is 0.692. The lowest BCUT2D eigenvalue weighted by atomic mass is 9.87. The van der Waals surface area contributed by atoms with Crippen molar-refractivity contribution < 1.29 is 5.11 Å². The lowest BCUT2D eigenvalue weighted by molar-refractivity contribution is 0.373. The fourth-order valence-corrected chi connectivity index (χ4v) is 2.04. The van der Waals surface area contributed by atoms with Gasteiger partial charge in [-0.05, 0) is 49.2 Å². The van der Waals surface area contributed by atoms with Crippen LogP contribution in [-0.4, -0.2) is 5.11 Å². The maximum Gasteiger partial charge on any atom is 0.117 e. The Kier molecular flexibility index (Phi) is 3.41. The van der Waals surface area contributed by atoms with E-state index in [4.69, 9.17) is 0 Å². The fourth-order valence-electron chi connectivity index (χ4n) is 2.04. The molecule has 0 unspecified atom stereocenters. The molecule has 1 N–H and O–H groups in total. The van der Waals surface area contributed by atoms with Crippen LogP contribution in [0.3, 0.4) is 0 Å². The predicted molar refractivity (Wildman–Crippen MR) is 61.3 cm³/mol. The van der Waals surface area contributed by atoms with E-state index in [0.29, 0.717) is 5.76 Å². The molecule has 1 aliphatic rings. The smallest absolute Gasteiger partial charge is 0.117 e. The Labute approximate surface area is 87.5 Å². The molecule has 0 saturated heterocycles. The first-order valence-electron chi connectivity index (χ1n) is 5.48. The Hall–Kier alpha value is -0.720. The Bertz CT molecular complexity index is 263. The van der Waals surface area contributed by atoms with E-state index in [-0.39, 0.29) is 5.41 Å². The van der Waals surface area contributed by atoms with Crippen molar-refractivity contribution in [3.63, 3.8) is 0 Å². The van der Waals surface area contributed by atoms with Crippen molar-refractivity contribution in [3.8, 4) is 0 Å². The second kappa shape index (κ2) is 4.20. The highest BCUT2D eigenvalue weighted by molar-refractivity contribution is 5.31. The third-order valence-corrected chi connectivity index (χ3v) is 2.54. The van der Waals surface area contributed by atoms with E-state index in [9.17, 15) is 5.11 Å². The van der Waals surface area contributed by atoms with Gasteiger partial charge in [-0.3, -0.25) is 0 Å². The Morgan fingerprint density at radius 1 is 1.43 bits per heavy atom. The highest BCUT2D eigenvalue weighted by Gasteiger charge is 2.16. The van der Waals surface area contributed by atoms with Crippen LogP contribution in [0.2, 0.25) is 0 Å². The van der Waals surface area contributed by atoms with E-state index >= 15 is 0 Å². The molecule has 0 radical (unpaired) electrons. The monoisotopic (exact) mass is 194 g/mol. The summed E-state index contributed by atoms with van der Waals surface area (Å²) in [6.45, 7) is 8.65. The lowest BCUT2D eigenvalue weighted by Crippen LogP contribution is -2.07.